The average molecular weight is 370 g/mol. The molecule has 144 valence electrons. The van der Waals surface area contributed by atoms with Crippen LogP contribution in [0.3, 0.4) is 0 Å². The molecule has 3 aliphatic heterocycles. The molecule has 2 bridgehead atoms. The van der Waals surface area contributed by atoms with Crippen molar-refractivity contribution < 1.29 is 9.13 Å². The first-order chi connectivity index (χ1) is 13.0. The van der Waals surface area contributed by atoms with E-state index in [1.165, 1.54) is 18.9 Å². The van der Waals surface area contributed by atoms with Crippen LogP contribution < -0.4 is 0 Å². The minimum Gasteiger partial charge on any atom is -0.370 e. The van der Waals surface area contributed by atoms with E-state index in [-0.39, 0.29) is 11.4 Å². The van der Waals surface area contributed by atoms with E-state index in [1.54, 1.807) is 16.8 Å². The van der Waals surface area contributed by atoms with E-state index in [0.29, 0.717) is 23.6 Å². The van der Waals surface area contributed by atoms with E-state index >= 15 is 0 Å². The fourth-order valence-electron chi connectivity index (χ4n) is 5.54. The van der Waals surface area contributed by atoms with Crippen molar-refractivity contribution in [3.63, 3.8) is 0 Å². The normalized spacial score (nSPS) is 32.5. The summed E-state index contributed by atoms with van der Waals surface area (Å²) >= 11 is 0. The van der Waals surface area contributed by atoms with Crippen molar-refractivity contribution in [3.8, 4) is 5.69 Å². The summed E-state index contributed by atoms with van der Waals surface area (Å²) in [5.41, 5.74) is 1.68. The lowest BCUT2D eigenvalue weighted by atomic mass is 9.73. The lowest BCUT2D eigenvalue weighted by Crippen LogP contribution is -2.40. The summed E-state index contributed by atoms with van der Waals surface area (Å²) in [6, 6.07) is 6.75. The Labute approximate surface area is 159 Å². The van der Waals surface area contributed by atoms with Crippen molar-refractivity contribution >= 4 is 0 Å². The lowest BCUT2D eigenvalue weighted by molar-refractivity contribution is 0.00145. The molecule has 0 N–H and O–H groups in total. The molecule has 0 aliphatic carbocycles. The standard InChI is InChI=1S/C21H27FN4O/c1-24(2)12-16-17-13-25(14-21(17)8-7-20(16)27-21)10-15-9-23-26(11-15)19-6-4-3-5-18(19)22/h3-6,9,11,16-17,20H,7-8,10,12-14H2,1-2H3/t16-,17+,20+,21+/m0/s1. The SMILES string of the molecule is CN(C)C[C@H]1[C@H]2CN(Cc3cnn(-c4ccccc4F)c3)C[C@]23CC[C@H]1O3. The molecular weight excluding hydrogens is 343 g/mol. The molecule has 0 unspecified atom stereocenters. The fourth-order valence-corrected chi connectivity index (χ4v) is 5.54. The molecule has 0 radical (unpaired) electrons. The second-order valence-electron chi connectivity index (χ2n) is 8.71. The summed E-state index contributed by atoms with van der Waals surface area (Å²) in [4.78, 5) is 4.79. The predicted octanol–water partition coefficient (Wildman–Crippen LogP) is 2.55. The highest BCUT2D eigenvalue weighted by Crippen LogP contribution is 2.55. The summed E-state index contributed by atoms with van der Waals surface area (Å²) in [7, 11) is 4.31. The number of nitrogens with zero attached hydrogens (tertiary/aromatic N) is 4. The van der Waals surface area contributed by atoms with Gasteiger partial charge in [0.15, 0.2) is 0 Å². The molecule has 0 amide bonds. The van der Waals surface area contributed by atoms with Crippen molar-refractivity contribution in [2.24, 2.45) is 11.8 Å². The van der Waals surface area contributed by atoms with Gasteiger partial charge in [-0.3, -0.25) is 4.90 Å². The van der Waals surface area contributed by atoms with Crippen molar-refractivity contribution in [3.05, 3.63) is 48.0 Å². The van der Waals surface area contributed by atoms with Crippen LogP contribution in [-0.2, 0) is 11.3 Å². The van der Waals surface area contributed by atoms with Gasteiger partial charge in [0.1, 0.15) is 11.5 Å². The van der Waals surface area contributed by atoms with Gasteiger partial charge in [-0.1, -0.05) is 12.1 Å². The highest BCUT2D eigenvalue weighted by molar-refractivity contribution is 5.33. The zero-order valence-electron chi connectivity index (χ0n) is 16.0. The summed E-state index contributed by atoms with van der Waals surface area (Å²) in [5.74, 6) is 1.01. The molecule has 3 fully saturated rings. The number of ether oxygens (including phenoxy) is 1. The Morgan fingerprint density at radius 3 is 3.00 bits per heavy atom. The van der Waals surface area contributed by atoms with Crippen LogP contribution in [0.4, 0.5) is 4.39 Å². The second-order valence-corrected chi connectivity index (χ2v) is 8.71. The second kappa shape index (κ2) is 6.40. The van der Waals surface area contributed by atoms with Crippen LogP contribution in [0.1, 0.15) is 18.4 Å². The average Bonchev–Trinajstić information content (AvgIpc) is 3.37. The molecule has 2 aromatic rings. The van der Waals surface area contributed by atoms with E-state index < -0.39 is 0 Å². The van der Waals surface area contributed by atoms with Gasteiger partial charge < -0.3 is 9.64 Å². The smallest absolute Gasteiger partial charge is 0.148 e. The van der Waals surface area contributed by atoms with Crippen molar-refractivity contribution in [2.75, 3.05) is 33.7 Å². The van der Waals surface area contributed by atoms with Crippen LogP contribution >= 0.6 is 0 Å². The van der Waals surface area contributed by atoms with Crippen LogP contribution in [0.25, 0.3) is 5.69 Å². The number of fused-ring (bicyclic) bond motifs is 1. The van der Waals surface area contributed by atoms with Crippen molar-refractivity contribution in [1.82, 2.24) is 19.6 Å². The van der Waals surface area contributed by atoms with Gasteiger partial charge in [0.2, 0.25) is 0 Å². The molecule has 3 saturated heterocycles. The minimum absolute atomic E-state index is 0.0624. The summed E-state index contributed by atoms with van der Waals surface area (Å²) in [6.07, 6.45) is 6.64. The third-order valence-corrected chi connectivity index (χ3v) is 6.57. The Hall–Kier alpha value is -1.76. The molecule has 5 rings (SSSR count). The summed E-state index contributed by atoms with van der Waals surface area (Å²) in [6.45, 7) is 4.04. The van der Waals surface area contributed by atoms with Crippen LogP contribution in [0.5, 0.6) is 0 Å². The van der Waals surface area contributed by atoms with Crippen LogP contribution in [-0.4, -0.2) is 65.0 Å². The first-order valence-electron chi connectivity index (χ1n) is 9.87. The van der Waals surface area contributed by atoms with Gasteiger partial charge >= 0.3 is 0 Å². The molecule has 5 nitrogen and oxygen atoms in total. The molecule has 4 atom stereocenters. The Bertz CT molecular complexity index is 837. The maximum absolute atomic E-state index is 14.0. The molecule has 0 saturated carbocycles. The van der Waals surface area contributed by atoms with Gasteiger partial charge in [0.25, 0.3) is 0 Å². The largest absolute Gasteiger partial charge is 0.370 e. The molecule has 27 heavy (non-hydrogen) atoms. The summed E-state index contributed by atoms with van der Waals surface area (Å²) in [5, 5.41) is 4.37. The number of rotatable bonds is 5. The topological polar surface area (TPSA) is 33.5 Å². The van der Waals surface area contributed by atoms with E-state index in [2.05, 4.69) is 29.0 Å². The monoisotopic (exact) mass is 370 g/mol. The Kier molecular flexibility index (Phi) is 4.11. The third kappa shape index (κ3) is 2.91. The molecule has 1 aromatic heterocycles. The number of likely N-dealkylation sites (tertiary alicyclic amines) is 1. The third-order valence-electron chi connectivity index (χ3n) is 6.57. The lowest BCUT2D eigenvalue weighted by Gasteiger charge is -2.31. The van der Waals surface area contributed by atoms with Gasteiger partial charge in [0.05, 0.1) is 17.9 Å². The van der Waals surface area contributed by atoms with Gasteiger partial charge in [-0.15, -0.1) is 0 Å². The van der Waals surface area contributed by atoms with E-state index in [4.69, 9.17) is 4.74 Å². The molecule has 1 spiro atoms. The number of halogens is 1. The quantitative estimate of drug-likeness (QED) is 0.810. The fraction of sp³-hybridized carbons (Fsp3) is 0.571. The first kappa shape index (κ1) is 17.3. The maximum atomic E-state index is 14.0. The molecular formula is C21H27FN4O. The predicted molar refractivity (Wildman–Crippen MR) is 101 cm³/mol. The van der Waals surface area contributed by atoms with Crippen molar-refractivity contribution in [1.29, 1.82) is 0 Å². The van der Waals surface area contributed by atoms with Crippen LogP contribution in [0, 0.1) is 17.7 Å². The van der Waals surface area contributed by atoms with E-state index in [0.717, 1.165) is 31.7 Å². The van der Waals surface area contributed by atoms with Gasteiger partial charge in [-0.25, -0.2) is 9.07 Å². The van der Waals surface area contributed by atoms with Gasteiger partial charge in [0, 0.05) is 49.8 Å². The maximum Gasteiger partial charge on any atom is 0.148 e. The number of aromatic nitrogens is 2. The summed E-state index contributed by atoms with van der Waals surface area (Å²) < 4.78 is 22.2. The molecule has 6 heteroatoms. The van der Waals surface area contributed by atoms with E-state index in [9.17, 15) is 4.39 Å². The number of benzene rings is 1. The Balaban J connectivity index is 1.30. The zero-order chi connectivity index (χ0) is 18.6. The van der Waals surface area contributed by atoms with Crippen LogP contribution in [0.2, 0.25) is 0 Å². The van der Waals surface area contributed by atoms with Gasteiger partial charge in [-0.05, 0) is 39.1 Å². The molecule has 3 aliphatic rings. The highest BCUT2D eigenvalue weighted by Gasteiger charge is 2.62. The van der Waals surface area contributed by atoms with E-state index in [1.807, 2.05) is 18.5 Å². The Morgan fingerprint density at radius 2 is 2.19 bits per heavy atom. The number of hydrogen-bond acceptors (Lipinski definition) is 4. The number of para-hydroxylation sites is 1. The van der Waals surface area contributed by atoms with Crippen LogP contribution in [0.15, 0.2) is 36.7 Å². The molecule has 4 heterocycles. The highest BCUT2D eigenvalue weighted by atomic mass is 19.1. The molecule has 1 aromatic carbocycles. The van der Waals surface area contributed by atoms with Crippen molar-refractivity contribution in [2.45, 2.75) is 31.1 Å². The number of hydrogen-bond donors (Lipinski definition) is 0. The first-order valence-corrected chi connectivity index (χ1v) is 9.87. The minimum atomic E-state index is -0.251. The zero-order valence-corrected chi connectivity index (χ0v) is 16.0. The van der Waals surface area contributed by atoms with Gasteiger partial charge in [-0.2, -0.15) is 5.10 Å². The Morgan fingerprint density at radius 1 is 1.33 bits per heavy atom.